The maximum absolute atomic E-state index is 12.5. The highest BCUT2D eigenvalue weighted by molar-refractivity contribution is 5.76. The zero-order valence-corrected chi connectivity index (χ0v) is 55.0. The highest BCUT2D eigenvalue weighted by Crippen LogP contribution is 2.19. The van der Waals surface area contributed by atoms with E-state index in [2.05, 4.69) is 43.5 Å². The van der Waals surface area contributed by atoms with Gasteiger partial charge in [0.05, 0.1) is 25.4 Å². The van der Waals surface area contributed by atoms with E-state index in [1.54, 1.807) is 0 Å². The molecule has 6 heteroatoms. The van der Waals surface area contributed by atoms with E-state index < -0.39 is 12.1 Å². The fraction of sp³-hybridized carbons (Fsp3) is 0.920. The Morgan fingerprint density at radius 3 is 0.938 bits per heavy atom. The zero-order valence-electron chi connectivity index (χ0n) is 55.0. The Labute approximate surface area is 507 Å². The van der Waals surface area contributed by atoms with Crippen LogP contribution in [-0.4, -0.2) is 47.4 Å². The first kappa shape index (κ1) is 79.3. The van der Waals surface area contributed by atoms with E-state index in [0.29, 0.717) is 25.9 Å². The smallest absolute Gasteiger partial charge is 0.305 e. The number of aliphatic hydroxyl groups excluding tert-OH is 2. The van der Waals surface area contributed by atoms with Crippen molar-refractivity contribution in [3.63, 3.8) is 0 Å². The Kier molecular flexibility index (Phi) is 69.4. The molecule has 0 bridgehead atoms. The molecule has 0 aromatic heterocycles. The molecule has 3 N–H and O–H groups in total. The van der Waals surface area contributed by atoms with Crippen molar-refractivity contribution in [2.45, 2.75) is 431 Å². The first-order valence-corrected chi connectivity index (χ1v) is 37.1. The Morgan fingerprint density at radius 1 is 0.346 bits per heavy atom. The van der Waals surface area contributed by atoms with Crippen molar-refractivity contribution in [3.8, 4) is 0 Å². The molecule has 0 radical (unpaired) electrons. The third kappa shape index (κ3) is 67.3. The van der Waals surface area contributed by atoms with Gasteiger partial charge in [-0.1, -0.05) is 372 Å². The fourth-order valence-corrected chi connectivity index (χ4v) is 11.9. The second-order valence-corrected chi connectivity index (χ2v) is 25.6. The van der Waals surface area contributed by atoms with E-state index in [4.69, 9.17) is 4.74 Å². The summed E-state index contributed by atoms with van der Waals surface area (Å²) in [4.78, 5) is 24.6. The lowest BCUT2D eigenvalue weighted by molar-refractivity contribution is -0.143. The van der Waals surface area contributed by atoms with Gasteiger partial charge < -0.3 is 20.3 Å². The molecule has 0 rings (SSSR count). The van der Waals surface area contributed by atoms with E-state index in [1.807, 2.05) is 0 Å². The first-order valence-electron chi connectivity index (χ1n) is 37.1. The average molecular weight is 1140 g/mol. The topological polar surface area (TPSA) is 95.9 Å². The maximum Gasteiger partial charge on any atom is 0.305 e. The lowest BCUT2D eigenvalue weighted by Gasteiger charge is -2.22. The summed E-state index contributed by atoms with van der Waals surface area (Å²) in [6.07, 6.45) is 89.7. The van der Waals surface area contributed by atoms with Crippen LogP contribution >= 0.6 is 0 Å². The molecule has 0 aromatic carbocycles. The van der Waals surface area contributed by atoms with Crippen LogP contribution in [0, 0.1) is 0 Å². The second kappa shape index (κ2) is 70.8. The van der Waals surface area contributed by atoms with Crippen LogP contribution in [0.15, 0.2) is 24.3 Å². The summed E-state index contributed by atoms with van der Waals surface area (Å²) in [5.41, 5.74) is 0. The van der Waals surface area contributed by atoms with Gasteiger partial charge in [-0.05, 0) is 57.8 Å². The van der Waals surface area contributed by atoms with E-state index in [9.17, 15) is 19.8 Å². The summed E-state index contributed by atoms with van der Waals surface area (Å²) >= 11 is 0. The van der Waals surface area contributed by atoms with Gasteiger partial charge in [-0.15, -0.1) is 0 Å². The van der Waals surface area contributed by atoms with Crippen molar-refractivity contribution in [3.05, 3.63) is 24.3 Å². The molecule has 0 fully saturated rings. The van der Waals surface area contributed by atoms with Crippen LogP contribution in [0.25, 0.3) is 0 Å². The number of ether oxygens (including phenoxy) is 1. The summed E-state index contributed by atoms with van der Waals surface area (Å²) in [6.45, 7) is 4.99. The van der Waals surface area contributed by atoms with Crippen LogP contribution in [0.5, 0.6) is 0 Å². The van der Waals surface area contributed by atoms with Crippen molar-refractivity contribution < 1.29 is 24.5 Å². The predicted molar refractivity (Wildman–Crippen MR) is 356 cm³/mol. The standard InChI is InChI=1S/C75H145NO5/c1-3-5-7-9-11-13-15-17-18-38-42-45-49-53-57-61-65-69-75(80)81-70-66-62-58-54-50-46-43-40-37-35-33-31-29-27-25-23-21-19-20-22-24-26-28-30-32-34-36-39-41-44-48-52-56-60-64-68-74(79)76-72(71-77)73(78)67-63-59-55-51-47-16-14-12-10-8-6-4-2/h21,23,27,29,72-73,77-78H,3-20,22,24-26,28,30-71H2,1-2H3,(H,76,79)/b23-21-,29-27-. The first-order chi connectivity index (χ1) is 40.0. The number of amides is 1. The van der Waals surface area contributed by atoms with Crippen LogP contribution in [-0.2, 0) is 14.3 Å². The summed E-state index contributed by atoms with van der Waals surface area (Å²) in [6, 6.07) is -0.538. The van der Waals surface area contributed by atoms with Gasteiger partial charge in [0.25, 0.3) is 0 Å². The normalized spacial score (nSPS) is 12.6. The highest BCUT2D eigenvalue weighted by atomic mass is 16.5. The Morgan fingerprint density at radius 2 is 0.617 bits per heavy atom. The lowest BCUT2D eigenvalue weighted by atomic mass is 10.0. The molecule has 0 aliphatic carbocycles. The zero-order chi connectivity index (χ0) is 58.5. The van der Waals surface area contributed by atoms with Gasteiger partial charge in [-0.2, -0.15) is 0 Å². The predicted octanol–water partition coefficient (Wildman–Crippen LogP) is 24.1. The molecule has 0 saturated heterocycles. The quantitative estimate of drug-likeness (QED) is 0.0320. The summed E-state index contributed by atoms with van der Waals surface area (Å²) in [5, 5.41) is 23.3. The SMILES string of the molecule is CCCCCCCCCCCCCCCCCCCC(=O)OCCCCCCCCCCCCC/C=C\C/C=C\CCCCCCCCCCCCCCCCCCCC(=O)NC(CO)C(O)CCCCCCCCCCCCCC. The fourth-order valence-electron chi connectivity index (χ4n) is 11.9. The van der Waals surface area contributed by atoms with E-state index in [0.717, 1.165) is 44.9 Å². The minimum Gasteiger partial charge on any atom is -0.466 e. The third-order valence-corrected chi connectivity index (χ3v) is 17.5. The molecule has 0 aromatic rings. The van der Waals surface area contributed by atoms with Crippen molar-refractivity contribution >= 4 is 11.9 Å². The van der Waals surface area contributed by atoms with Gasteiger partial charge in [0, 0.05) is 12.8 Å². The third-order valence-electron chi connectivity index (χ3n) is 17.5. The van der Waals surface area contributed by atoms with Gasteiger partial charge in [0.15, 0.2) is 0 Å². The molecule has 0 spiro atoms. The molecule has 2 unspecified atom stereocenters. The van der Waals surface area contributed by atoms with Crippen LogP contribution in [0.3, 0.4) is 0 Å². The highest BCUT2D eigenvalue weighted by Gasteiger charge is 2.20. The number of carbonyl (C=O) groups is 2. The molecule has 0 aliphatic heterocycles. The number of unbranched alkanes of at least 4 members (excludes halogenated alkanes) is 55. The number of hydrogen-bond acceptors (Lipinski definition) is 5. The maximum atomic E-state index is 12.5. The Balaban J connectivity index is 3.34. The number of aliphatic hydroxyl groups is 2. The van der Waals surface area contributed by atoms with Crippen LogP contribution in [0.1, 0.15) is 418 Å². The van der Waals surface area contributed by atoms with Crippen molar-refractivity contribution in [1.29, 1.82) is 0 Å². The number of esters is 1. The second-order valence-electron chi connectivity index (χ2n) is 25.6. The number of nitrogens with one attached hydrogen (secondary N) is 1. The summed E-state index contributed by atoms with van der Waals surface area (Å²) in [7, 11) is 0. The molecule has 6 nitrogen and oxygen atoms in total. The molecule has 480 valence electrons. The Bertz CT molecular complexity index is 1270. The minimum absolute atomic E-state index is 0.0215. The number of allylic oxidation sites excluding steroid dienone is 4. The number of rotatable bonds is 70. The average Bonchev–Trinajstić information content (AvgIpc) is 3.47. The molecule has 1 amide bonds. The van der Waals surface area contributed by atoms with Gasteiger partial charge in [-0.3, -0.25) is 9.59 Å². The van der Waals surface area contributed by atoms with E-state index in [1.165, 1.54) is 340 Å². The Hall–Kier alpha value is -1.66. The summed E-state index contributed by atoms with van der Waals surface area (Å²) < 4.78 is 5.51. The van der Waals surface area contributed by atoms with Crippen molar-refractivity contribution in [2.75, 3.05) is 13.2 Å². The van der Waals surface area contributed by atoms with Gasteiger partial charge >= 0.3 is 5.97 Å². The lowest BCUT2D eigenvalue weighted by Crippen LogP contribution is -2.45. The van der Waals surface area contributed by atoms with Crippen LogP contribution < -0.4 is 5.32 Å². The molecular weight excluding hydrogens is 995 g/mol. The molecule has 2 atom stereocenters. The molecule has 0 heterocycles. The molecule has 0 saturated carbocycles. The largest absolute Gasteiger partial charge is 0.466 e. The molecular formula is C75H145NO5. The van der Waals surface area contributed by atoms with E-state index >= 15 is 0 Å². The minimum atomic E-state index is -0.661. The van der Waals surface area contributed by atoms with Crippen molar-refractivity contribution in [1.82, 2.24) is 5.32 Å². The van der Waals surface area contributed by atoms with Gasteiger partial charge in [-0.25, -0.2) is 0 Å². The van der Waals surface area contributed by atoms with E-state index in [-0.39, 0.29) is 18.5 Å². The van der Waals surface area contributed by atoms with Gasteiger partial charge in [0.2, 0.25) is 5.91 Å². The molecule has 0 aliphatic rings. The van der Waals surface area contributed by atoms with Gasteiger partial charge in [0.1, 0.15) is 0 Å². The number of hydrogen-bond donors (Lipinski definition) is 3. The van der Waals surface area contributed by atoms with Crippen LogP contribution in [0.2, 0.25) is 0 Å². The molecule has 81 heavy (non-hydrogen) atoms. The van der Waals surface area contributed by atoms with Crippen LogP contribution in [0.4, 0.5) is 0 Å². The monoisotopic (exact) mass is 1140 g/mol. The summed E-state index contributed by atoms with van der Waals surface area (Å²) in [5.74, 6) is -0.00944. The van der Waals surface area contributed by atoms with Crippen molar-refractivity contribution in [2.24, 2.45) is 0 Å². The number of carbonyl (C=O) groups excluding carboxylic acids is 2.